The monoisotopic (exact) mass is 586 g/mol. The second-order valence-corrected chi connectivity index (χ2v) is 12.0. The third-order valence-electron chi connectivity index (χ3n) is 9.46. The van der Waals surface area contributed by atoms with Gasteiger partial charge in [0, 0.05) is 16.3 Å². The van der Waals surface area contributed by atoms with Crippen LogP contribution in [0.3, 0.4) is 0 Å². The Hall–Kier alpha value is -6.12. The SMILES string of the molecule is c1ccc(-c2cc3c(ccc4c3oc3cccc(-c5c6ccccc6c(-c6ccc7ccccc7c6)c6ccccc56)c34)o2)cc1. The second kappa shape index (κ2) is 9.69. The van der Waals surface area contributed by atoms with Gasteiger partial charge in [-0.3, -0.25) is 0 Å². The van der Waals surface area contributed by atoms with Crippen LogP contribution in [0.4, 0.5) is 0 Å². The van der Waals surface area contributed by atoms with Crippen molar-refractivity contribution in [3.8, 4) is 33.6 Å². The van der Waals surface area contributed by atoms with E-state index in [-0.39, 0.29) is 0 Å². The summed E-state index contributed by atoms with van der Waals surface area (Å²) in [6, 6.07) is 56.1. The Morgan fingerprint density at radius 1 is 0.348 bits per heavy atom. The standard InChI is InChI=1S/C44H26O2/c1-2-12-28(13-3-1)40-26-37-38(45-40)24-23-36-43-35(19-10-20-39(43)46-44(36)37)42-33-17-8-6-15-31(33)41(32-16-7-9-18-34(32)42)30-22-21-27-11-4-5-14-29(27)25-30/h1-26H. The molecule has 8 aromatic carbocycles. The molecular formula is C44H26O2. The third-order valence-corrected chi connectivity index (χ3v) is 9.46. The first-order chi connectivity index (χ1) is 22.8. The first kappa shape index (κ1) is 25.2. The molecule has 0 saturated heterocycles. The molecule has 46 heavy (non-hydrogen) atoms. The predicted molar refractivity (Wildman–Crippen MR) is 192 cm³/mol. The van der Waals surface area contributed by atoms with Crippen molar-refractivity contribution in [2.45, 2.75) is 0 Å². The van der Waals surface area contributed by atoms with Crippen molar-refractivity contribution in [2.24, 2.45) is 0 Å². The van der Waals surface area contributed by atoms with Crippen LogP contribution < -0.4 is 0 Å². The van der Waals surface area contributed by atoms with Crippen molar-refractivity contribution in [1.29, 1.82) is 0 Å². The molecule has 10 aromatic rings. The van der Waals surface area contributed by atoms with Gasteiger partial charge in [-0.15, -0.1) is 0 Å². The molecule has 10 rings (SSSR count). The van der Waals surface area contributed by atoms with Gasteiger partial charge in [-0.1, -0.05) is 127 Å². The zero-order chi connectivity index (χ0) is 30.2. The van der Waals surface area contributed by atoms with E-state index in [0.717, 1.165) is 44.2 Å². The summed E-state index contributed by atoms with van der Waals surface area (Å²) in [6.45, 7) is 0. The molecule has 0 bridgehead atoms. The van der Waals surface area contributed by atoms with Gasteiger partial charge < -0.3 is 8.83 Å². The van der Waals surface area contributed by atoms with E-state index in [1.54, 1.807) is 0 Å². The molecule has 0 aliphatic heterocycles. The highest BCUT2D eigenvalue weighted by atomic mass is 16.3. The molecule has 0 unspecified atom stereocenters. The number of furan rings is 2. The van der Waals surface area contributed by atoms with Crippen molar-refractivity contribution in [3.05, 3.63) is 158 Å². The minimum Gasteiger partial charge on any atom is -0.456 e. The summed E-state index contributed by atoms with van der Waals surface area (Å²) in [5.41, 5.74) is 8.47. The first-order valence-electron chi connectivity index (χ1n) is 15.7. The Bertz CT molecular complexity index is 2740. The normalized spacial score (nSPS) is 11.9. The van der Waals surface area contributed by atoms with Gasteiger partial charge in [0.2, 0.25) is 0 Å². The molecule has 0 N–H and O–H groups in total. The molecule has 2 heteroatoms. The average Bonchev–Trinajstić information content (AvgIpc) is 3.73. The molecular weight excluding hydrogens is 560 g/mol. The van der Waals surface area contributed by atoms with E-state index >= 15 is 0 Å². The molecule has 0 aliphatic rings. The minimum atomic E-state index is 0.822. The molecule has 2 nitrogen and oxygen atoms in total. The van der Waals surface area contributed by atoms with E-state index in [9.17, 15) is 0 Å². The molecule has 2 aromatic heterocycles. The van der Waals surface area contributed by atoms with Crippen LogP contribution in [0, 0.1) is 0 Å². The smallest absolute Gasteiger partial charge is 0.146 e. The van der Waals surface area contributed by atoms with Gasteiger partial charge in [0.1, 0.15) is 22.5 Å². The summed E-state index contributed by atoms with van der Waals surface area (Å²) < 4.78 is 13.0. The van der Waals surface area contributed by atoms with Crippen LogP contribution in [0.25, 0.3) is 98.8 Å². The quantitative estimate of drug-likeness (QED) is 0.193. The van der Waals surface area contributed by atoms with Crippen LogP contribution >= 0.6 is 0 Å². The maximum Gasteiger partial charge on any atom is 0.146 e. The summed E-state index contributed by atoms with van der Waals surface area (Å²) in [5.74, 6) is 0.838. The Labute approximate surface area is 264 Å². The van der Waals surface area contributed by atoms with Crippen LogP contribution in [-0.2, 0) is 0 Å². The van der Waals surface area contributed by atoms with Gasteiger partial charge in [0.25, 0.3) is 0 Å². The van der Waals surface area contributed by atoms with E-state index in [4.69, 9.17) is 8.83 Å². The van der Waals surface area contributed by atoms with E-state index in [1.165, 1.54) is 54.6 Å². The Balaban J connectivity index is 1.28. The number of benzene rings is 8. The topological polar surface area (TPSA) is 26.3 Å². The van der Waals surface area contributed by atoms with Gasteiger partial charge in [0.15, 0.2) is 0 Å². The molecule has 0 spiro atoms. The number of rotatable bonds is 3. The number of fused-ring (bicyclic) bond motifs is 8. The summed E-state index contributed by atoms with van der Waals surface area (Å²) in [7, 11) is 0. The fourth-order valence-electron chi connectivity index (χ4n) is 7.42. The van der Waals surface area contributed by atoms with Gasteiger partial charge in [-0.2, -0.15) is 0 Å². The molecule has 0 saturated carbocycles. The zero-order valence-corrected chi connectivity index (χ0v) is 24.8. The summed E-state index contributed by atoms with van der Waals surface area (Å²) in [5, 5.41) is 10.6. The predicted octanol–water partition coefficient (Wildman–Crippen LogP) is 12.8. The summed E-state index contributed by atoms with van der Waals surface area (Å²) in [6.07, 6.45) is 0. The van der Waals surface area contributed by atoms with Crippen molar-refractivity contribution < 1.29 is 8.83 Å². The van der Waals surface area contributed by atoms with Crippen molar-refractivity contribution in [3.63, 3.8) is 0 Å². The van der Waals surface area contributed by atoms with Crippen LogP contribution in [0.5, 0.6) is 0 Å². The van der Waals surface area contributed by atoms with Crippen LogP contribution in [-0.4, -0.2) is 0 Å². The summed E-state index contributed by atoms with van der Waals surface area (Å²) in [4.78, 5) is 0. The highest BCUT2D eigenvalue weighted by molar-refractivity contribution is 6.27. The minimum absolute atomic E-state index is 0.822. The van der Waals surface area contributed by atoms with Gasteiger partial charge in [-0.05, 0) is 84.9 Å². The van der Waals surface area contributed by atoms with Crippen molar-refractivity contribution in [1.82, 2.24) is 0 Å². The maximum absolute atomic E-state index is 6.68. The fraction of sp³-hybridized carbons (Fsp3) is 0. The lowest BCUT2D eigenvalue weighted by Gasteiger charge is -2.18. The van der Waals surface area contributed by atoms with E-state index in [0.29, 0.717) is 0 Å². The van der Waals surface area contributed by atoms with Gasteiger partial charge in [-0.25, -0.2) is 0 Å². The largest absolute Gasteiger partial charge is 0.456 e. The Kier molecular flexibility index (Phi) is 5.31. The van der Waals surface area contributed by atoms with Crippen LogP contribution in [0.15, 0.2) is 167 Å². The molecule has 0 fully saturated rings. The lowest BCUT2D eigenvalue weighted by atomic mass is 9.84. The molecule has 0 amide bonds. The summed E-state index contributed by atoms with van der Waals surface area (Å²) >= 11 is 0. The molecule has 214 valence electrons. The highest BCUT2D eigenvalue weighted by Crippen LogP contribution is 2.48. The second-order valence-electron chi connectivity index (χ2n) is 12.0. The molecule has 0 radical (unpaired) electrons. The molecule has 2 heterocycles. The van der Waals surface area contributed by atoms with Gasteiger partial charge in [0.05, 0.1) is 5.39 Å². The molecule has 0 aliphatic carbocycles. The van der Waals surface area contributed by atoms with Crippen LogP contribution in [0.1, 0.15) is 0 Å². The van der Waals surface area contributed by atoms with Crippen molar-refractivity contribution in [2.75, 3.05) is 0 Å². The van der Waals surface area contributed by atoms with E-state index in [1.807, 2.05) is 18.2 Å². The van der Waals surface area contributed by atoms with E-state index < -0.39 is 0 Å². The van der Waals surface area contributed by atoms with Crippen molar-refractivity contribution >= 4 is 65.2 Å². The Morgan fingerprint density at radius 3 is 1.78 bits per heavy atom. The average molecular weight is 587 g/mol. The lowest BCUT2D eigenvalue weighted by Crippen LogP contribution is -1.91. The zero-order valence-electron chi connectivity index (χ0n) is 24.8. The van der Waals surface area contributed by atoms with Crippen LogP contribution in [0.2, 0.25) is 0 Å². The lowest BCUT2D eigenvalue weighted by molar-refractivity contribution is 0.631. The first-order valence-corrected chi connectivity index (χ1v) is 15.7. The van der Waals surface area contributed by atoms with Gasteiger partial charge >= 0.3 is 0 Å². The van der Waals surface area contributed by atoms with E-state index in [2.05, 4.69) is 140 Å². The number of hydrogen-bond donors (Lipinski definition) is 0. The Morgan fingerprint density at radius 2 is 1.02 bits per heavy atom. The fourth-order valence-corrected chi connectivity index (χ4v) is 7.42. The highest BCUT2D eigenvalue weighted by Gasteiger charge is 2.21. The third kappa shape index (κ3) is 3.65. The number of hydrogen-bond acceptors (Lipinski definition) is 2. The molecule has 0 atom stereocenters. The maximum atomic E-state index is 6.68.